The molecule has 4 heteroatoms. The van der Waals surface area contributed by atoms with Crippen molar-refractivity contribution in [3.63, 3.8) is 0 Å². The molecule has 0 fully saturated rings. The number of thioether (sulfide) groups is 1. The van der Waals surface area contributed by atoms with Gasteiger partial charge in [0.15, 0.2) is 0 Å². The van der Waals surface area contributed by atoms with Crippen molar-refractivity contribution in [1.29, 1.82) is 5.26 Å². The van der Waals surface area contributed by atoms with Crippen molar-refractivity contribution in [2.24, 2.45) is 0 Å². The summed E-state index contributed by atoms with van der Waals surface area (Å²) < 4.78 is 0. The van der Waals surface area contributed by atoms with Gasteiger partial charge in [-0.25, -0.2) is 0 Å². The van der Waals surface area contributed by atoms with E-state index in [0.717, 1.165) is 11.3 Å². The highest BCUT2D eigenvalue weighted by atomic mass is 32.2. The van der Waals surface area contributed by atoms with Crippen molar-refractivity contribution in [2.75, 3.05) is 5.75 Å². The molecular formula is C15H18N2OS. The van der Waals surface area contributed by atoms with Gasteiger partial charge in [-0.3, -0.25) is 4.79 Å². The molecule has 0 aromatic heterocycles. The van der Waals surface area contributed by atoms with E-state index >= 15 is 0 Å². The third-order valence-corrected chi connectivity index (χ3v) is 4.98. The molecular weight excluding hydrogens is 256 g/mol. The van der Waals surface area contributed by atoms with Crippen LogP contribution >= 0.6 is 11.8 Å². The van der Waals surface area contributed by atoms with E-state index in [1.807, 2.05) is 38.1 Å². The molecule has 1 unspecified atom stereocenters. The molecule has 0 saturated heterocycles. The molecule has 1 aliphatic rings. The lowest BCUT2D eigenvalue weighted by molar-refractivity contribution is -0.123. The van der Waals surface area contributed by atoms with Crippen LogP contribution in [0.2, 0.25) is 0 Å². The Kier molecular flexibility index (Phi) is 4.16. The van der Waals surface area contributed by atoms with Crippen LogP contribution in [-0.2, 0) is 4.79 Å². The fraction of sp³-hybridized carbons (Fsp3) is 0.467. The number of hydrogen-bond donors (Lipinski definition) is 1. The Labute approximate surface area is 118 Å². The van der Waals surface area contributed by atoms with E-state index in [4.69, 9.17) is 0 Å². The Morgan fingerprint density at radius 1 is 1.47 bits per heavy atom. The van der Waals surface area contributed by atoms with Gasteiger partial charge in [-0.05, 0) is 24.5 Å². The first-order valence-corrected chi connectivity index (χ1v) is 7.59. The van der Waals surface area contributed by atoms with E-state index in [1.165, 1.54) is 4.90 Å². The van der Waals surface area contributed by atoms with Crippen LogP contribution in [0, 0.1) is 11.3 Å². The fourth-order valence-electron chi connectivity index (χ4n) is 2.32. The van der Waals surface area contributed by atoms with E-state index < -0.39 is 5.54 Å². The second-order valence-electron chi connectivity index (χ2n) is 4.79. The molecule has 2 rings (SSSR count). The number of nitrogens with zero attached hydrogens (tertiary/aromatic N) is 1. The summed E-state index contributed by atoms with van der Waals surface area (Å²) in [5.74, 6) is 0.606. The van der Waals surface area contributed by atoms with Crippen molar-refractivity contribution in [3.05, 3.63) is 29.8 Å². The maximum Gasteiger partial charge on any atom is 0.229 e. The zero-order valence-corrected chi connectivity index (χ0v) is 12.1. The molecule has 1 atom stereocenters. The standard InChI is InChI=1S/C15H18N2OS/c1-3-15(4-2,10-16)17-14(18)12-9-19-13-8-6-5-7-11(12)13/h5-8,12H,3-4,9H2,1-2H3,(H,17,18). The molecule has 0 radical (unpaired) electrons. The van der Waals surface area contributed by atoms with Gasteiger partial charge in [0.1, 0.15) is 5.54 Å². The first kappa shape index (κ1) is 14.0. The maximum atomic E-state index is 12.4. The molecule has 0 spiro atoms. The number of hydrogen-bond acceptors (Lipinski definition) is 3. The topological polar surface area (TPSA) is 52.9 Å². The third kappa shape index (κ3) is 2.62. The second kappa shape index (κ2) is 5.66. The van der Waals surface area contributed by atoms with Crippen molar-refractivity contribution >= 4 is 17.7 Å². The normalized spacial score (nSPS) is 17.6. The van der Waals surface area contributed by atoms with Crippen LogP contribution in [-0.4, -0.2) is 17.2 Å². The van der Waals surface area contributed by atoms with E-state index in [2.05, 4.69) is 11.4 Å². The highest BCUT2D eigenvalue weighted by Gasteiger charge is 2.34. The predicted molar refractivity (Wildman–Crippen MR) is 77.0 cm³/mol. The van der Waals surface area contributed by atoms with E-state index in [-0.39, 0.29) is 11.8 Å². The minimum Gasteiger partial charge on any atom is -0.337 e. The lowest BCUT2D eigenvalue weighted by Gasteiger charge is -2.26. The van der Waals surface area contributed by atoms with Gasteiger partial charge in [0.2, 0.25) is 5.91 Å². The molecule has 3 nitrogen and oxygen atoms in total. The molecule has 19 heavy (non-hydrogen) atoms. The van der Waals surface area contributed by atoms with Gasteiger partial charge in [0.05, 0.1) is 12.0 Å². The van der Waals surface area contributed by atoms with Crippen molar-refractivity contribution in [1.82, 2.24) is 5.32 Å². The predicted octanol–water partition coefficient (Wildman–Crippen LogP) is 3.07. The molecule has 1 aromatic rings. The van der Waals surface area contributed by atoms with Crippen LogP contribution in [0.3, 0.4) is 0 Å². The number of benzene rings is 1. The van der Waals surface area contributed by atoms with Crippen molar-refractivity contribution in [3.8, 4) is 6.07 Å². The minimum atomic E-state index is -0.723. The number of amides is 1. The Balaban J connectivity index is 2.17. The number of nitriles is 1. The molecule has 0 aliphatic carbocycles. The van der Waals surface area contributed by atoms with Gasteiger partial charge in [-0.2, -0.15) is 5.26 Å². The summed E-state index contributed by atoms with van der Waals surface area (Å²) in [5, 5.41) is 12.2. The fourth-order valence-corrected chi connectivity index (χ4v) is 3.54. The SMILES string of the molecule is CCC(C#N)(CC)NC(=O)C1CSc2ccccc21. The summed E-state index contributed by atoms with van der Waals surface area (Å²) in [6, 6.07) is 10.3. The molecule has 0 bridgehead atoms. The average Bonchev–Trinajstić information content (AvgIpc) is 2.89. The number of rotatable bonds is 4. The van der Waals surface area contributed by atoms with Gasteiger partial charge in [0, 0.05) is 10.6 Å². The molecule has 1 aliphatic heterocycles. The molecule has 0 saturated carbocycles. The van der Waals surface area contributed by atoms with Crippen LogP contribution in [0.15, 0.2) is 29.2 Å². The highest BCUT2D eigenvalue weighted by Crippen LogP contribution is 2.39. The highest BCUT2D eigenvalue weighted by molar-refractivity contribution is 7.99. The molecule has 1 amide bonds. The summed E-state index contributed by atoms with van der Waals surface area (Å²) in [6.45, 7) is 3.87. The second-order valence-corrected chi connectivity index (χ2v) is 5.85. The van der Waals surface area contributed by atoms with Gasteiger partial charge in [-0.1, -0.05) is 32.0 Å². The largest absolute Gasteiger partial charge is 0.337 e. The van der Waals surface area contributed by atoms with Crippen LogP contribution in [0.25, 0.3) is 0 Å². The molecule has 1 N–H and O–H groups in total. The van der Waals surface area contributed by atoms with Gasteiger partial charge in [-0.15, -0.1) is 11.8 Å². The number of carbonyl (C=O) groups is 1. The average molecular weight is 274 g/mol. The number of nitrogens with one attached hydrogen (secondary N) is 1. The first-order valence-electron chi connectivity index (χ1n) is 6.60. The summed E-state index contributed by atoms with van der Waals surface area (Å²) in [5.41, 5.74) is 0.364. The lowest BCUT2D eigenvalue weighted by Crippen LogP contribution is -2.48. The van der Waals surface area contributed by atoms with E-state index in [0.29, 0.717) is 12.8 Å². The van der Waals surface area contributed by atoms with Gasteiger partial charge < -0.3 is 5.32 Å². The Hall–Kier alpha value is -1.47. The quantitative estimate of drug-likeness (QED) is 0.918. The van der Waals surface area contributed by atoms with Gasteiger partial charge >= 0.3 is 0 Å². The molecule has 100 valence electrons. The van der Waals surface area contributed by atoms with Crippen molar-refractivity contribution < 1.29 is 4.79 Å². The Morgan fingerprint density at radius 2 is 2.16 bits per heavy atom. The molecule has 1 aromatic carbocycles. The van der Waals surface area contributed by atoms with Crippen LogP contribution < -0.4 is 5.32 Å². The number of fused-ring (bicyclic) bond motifs is 1. The maximum absolute atomic E-state index is 12.4. The first-order chi connectivity index (χ1) is 9.15. The van der Waals surface area contributed by atoms with E-state index in [1.54, 1.807) is 11.8 Å². The van der Waals surface area contributed by atoms with Crippen LogP contribution in [0.4, 0.5) is 0 Å². The summed E-state index contributed by atoms with van der Waals surface area (Å²) in [6.07, 6.45) is 1.26. The molecule has 1 heterocycles. The third-order valence-electron chi connectivity index (χ3n) is 3.80. The summed E-state index contributed by atoms with van der Waals surface area (Å²) in [4.78, 5) is 13.6. The Bertz CT molecular complexity index is 517. The van der Waals surface area contributed by atoms with Crippen LogP contribution in [0.5, 0.6) is 0 Å². The zero-order chi connectivity index (χ0) is 13.9. The monoisotopic (exact) mass is 274 g/mol. The van der Waals surface area contributed by atoms with Crippen molar-refractivity contribution in [2.45, 2.75) is 43.0 Å². The van der Waals surface area contributed by atoms with Gasteiger partial charge in [0.25, 0.3) is 0 Å². The van der Waals surface area contributed by atoms with E-state index in [9.17, 15) is 10.1 Å². The summed E-state index contributed by atoms with van der Waals surface area (Å²) in [7, 11) is 0. The Morgan fingerprint density at radius 3 is 2.79 bits per heavy atom. The number of carbonyl (C=O) groups excluding carboxylic acids is 1. The lowest BCUT2D eigenvalue weighted by atomic mass is 9.92. The van der Waals surface area contributed by atoms with Crippen LogP contribution in [0.1, 0.15) is 38.2 Å². The minimum absolute atomic E-state index is 0.0253. The summed E-state index contributed by atoms with van der Waals surface area (Å²) >= 11 is 1.71. The zero-order valence-electron chi connectivity index (χ0n) is 11.3. The smallest absolute Gasteiger partial charge is 0.229 e.